The molecular weight excluding hydrogens is 200 g/mol. The predicted molar refractivity (Wildman–Crippen MR) is 63.3 cm³/mol. The van der Waals surface area contributed by atoms with Gasteiger partial charge in [-0.2, -0.15) is 0 Å². The second-order valence-corrected chi connectivity index (χ2v) is 4.27. The number of hydrogen-bond acceptors (Lipinski definition) is 2. The SMILES string of the molecule is Cc1ccc(CN2C(=N)CCCC2=O)cc1. The van der Waals surface area contributed by atoms with Crippen LogP contribution in [-0.2, 0) is 11.3 Å². The summed E-state index contributed by atoms with van der Waals surface area (Å²) in [6, 6.07) is 8.11. The maximum Gasteiger partial charge on any atom is 0.228 e. The van der Waals surface area contributed by atoms with Crippen LogP contribution in [0.1, 0.15) is 30.4 Å². The number of carbonyl (C=O) groups is 1. The summed E-state index contributed by atoms with van der Waals surface area (Å²) in [6.07, 6.45) is 2.12. The molecule has 0 atom stereocenters. The minimum Gasteiger partial charge on any atom is -0.296 e. The molecule has 1 fully saturated rings. The van der Waals surface area contributed by atoms with Gasteiger partial charge in [0.05, 0.1) is 6.54 Å². The number of piperidine rings is 1. The molecule has 0 spiro atoms. The van der Waals surface area contributed by atoms with Crippen molar-refractivity contribution in [2.24, 2.45) is 0 Å². The predicted octanol–water partition coefficient (Wildman–Crippen LogP) is 2.48. The van der Waals surface area contributed by atoms with Crippen LogP contribution in [0.5, 0.6) is 0 Å². The molecule has 3 heteroatoms. The lowest BCUT2D eigenvalue weighted by atomic mass is 10.1. The first-order valence-corrected chi connectivity index (χ1v) is 5.60. The van der Waals surface area contributed by atoms with Crippen molar-refractivity contribution >= 4 is 11.7 Å². The molecule has 1 heterocycles. The highest BCUT2D eigenvalue weighted by atomic mass is 16.2. The zero-order valence-corrected chi connectivity index (χ0v) is 9.49. The van der Waals surface area contributed by atoms with E-state index in [4.69, 9.17) is 5.41 Å². The van der Waals surface area contributed by atoms with Gasteiger partial charge in [0.1, 0.15) is 5.84 Å². The molecule has 0 bridgehead atoms. The number of benzene rings is 1. The number of nitrogens with one attached hydrogen (secondary N) is 1. The molecule has 3 nitrogen and oxygen atoms in total. The van der Waals surface area contributed by atoms with Gasteiger partial charge in [0.25, 0.3) is 0 Å². The van der Waals surface area contributed by atoms with Gasteiger partial charge >= 0.3 is 0 Å². The van der Waals surface area contributed by atoms with E-state index < -0.39 is 0 Å². The van der Waals surface area contributed by atoms with Crippen LogP contribution in [0.25, 0.3) is 0 Å². The molecule has 84 valence electrons. The van der Waals surface area contributed by atoms with Crippen molar-refractivity contribution in [2.45, 2.75) is 32.7 Å². The Balaban J connectivity index is 2.10. The van der Waals surface area contributed by atoms with Gasteiger partial charge in [0.2, 0.25) is 5.91 Å². The molecule has 1 aliphatic rings. The van der Waals surface area contributed by atoms with E-state index in [1.807, 2.05) is 31.2 Å². The fraction of sp³-hybridized carbons (Fsp3) is 0.385. The minimum absolute atomic E-state index is 0.0804. The van der Waals surface area contributed by atoms with Gasteiger partial charge in [0.15, 0.2) is 0 Å². The molecule has 0 aliphatic carbocycles. The number of nitrogens with zero attached hydrogens (tertiary/aromatic N) is 1. The number of amides is 1. The fourth-order valence-electron chi connectivity index (χ4n) is 1.89. The third kappa shape index (κ3) is 2.30. The molecule has 2 rings (SSSR count). The maximum absolute atomic E-state index is 11.7. The van der Waals surface area contributed by atoms with Crippen LogP contribution in [0, 0.1) is 12.3 Å². The van der Waals surface area contributed by atoms with Crippen LogP contribution in [0.2, 0.25) is 0 Å². The number of likely N-dealkylation sites (tertiary alicyclic amines) is 1. The Bertz CT molecular complexity index is 392. The van der Waals surface area contributed by atoms with E-state index in [2.05, 4.69) is 0 Å². The summed E-state index contributed by atoms with van der Waals surface area (Å²) in [5.41, 5.74) is 2.30. The van der Waals surface area contributed by atoms with Crippen LogP contribution in [-0.4, -0.2) is 16.6 Å². The van der Waals surface area contributed by atoms with Gasteiger partial charge in [-0.05, 0) is 18.9 Å². The van der Waals surface area contributed by atoms with Gasteiger partial charge < -0.3 is 0 Å². The summed E-state index contributed by atoms with van der Waals surface area (Å²) in [6.45, 7) is 2.58. The molecule has 16 heavy (non-hydrogen) atoms. The molecular formula is C13H16N2O. The van der Waals surface area contributed by atoms with E-state index in [0.29, 0.717) is 18.8 Å². The Morgan fingerprint density at radius 3 is 2.56 bits per heavy atom. The van der Waals surface area contributed by atoms with E-state index >= 15 is 0 Å². The zero-order valence-electron chi connectivity index (χ0n) is 9.49. The normalized spacial score (nSPS) is 16.7. The number of carbonyl (C=O) groups excluding carboxylic acids is 1. The summed E-state index contributed by atoms with van der Waals surface area (Å²) in [4.78, 5) is 13.3. The molecule has 0 unspecified atom stereocenters. The zero-order chi connectivity index (χ0) is 11.5. The highest BCUT2D eigenvalue weighted by Crippen LogP contribution is 2.16. The summed E-state index contributed by atoms with van der Waals surface area (Å²) >= 11 is 0. The minimum atomic E-state index is 0.0804. The Kier molecular flexibility index (Phi) is 3.04. The molecule has 0 saturated carbocycles. The molecule has 1 aromatic carbocycles. The smallest absolute Gasteiger partial charge is 0.228 e. The highest BCUT2D eigenvalue weighted by Gasteiger charge is 2.22. The summed E-state index contributed by atoms with van der Waals surface area (Å²) in [5, 5.41) is 7.77. The Morgan fingerprint density at radius 1 is 1.25 bits per heavy atom. The van der Waals surface area contributed by atoms with Crippen molar-refractivity contribution in [1.29, 1.82) is 5.41 Å². The van der Waals surface area contributed by atoms with Crippen molar-refractivity contribution in [3.05, 3.63) is 35.4 Å². The standard InChI is InChI=1S/C13H16N2O/c1-10-5-7-11(8-6-10)9-15-12(14)3-2-4-13(15)16/h5-8,14H,2-4,9H2,1H3. The summed E-state index contributed by atoms with van der Waals surface area (Å²) < 4.78 is 0. The molecule has 0 radical (unpaired) electrons. The van der Waals surface area contributed by atoms with Crippen LogP contribution in [0.4, 0.5) is 0 Å². The first-order chi connectivity index (χ1) is 7.66. The van der Waals surface area contributed by atoms with Gasteiger partial charge in [-0.1, -0.05) is 29.8 Å². The molecule has 0 aromatic heterocycles. The van der Waals surface area contributed by atoms with E-state index in [1.54, 1.807) is 4.90 Å². The lowest BCUT2D eigenvalue weighted by molar-refractivity contribution is -0.128. The van der Waals surface area contributed by atoms with Crippen LogP contribution in [0.15, 0.2) is 24.3 Å². The number of aryl methyl sites for hydroxylation is 1. The Hall–Kier alpha value is -1.64. The van der Waals surface area contributed by atoms with Crippen LogP contribution >= 0.6 is 0 Å². The number of hydrogen-bond donors (Lipinski definition) is 1. The van der Waals surface area contributed by atoms with E-state index in [-0.39, 0.29) is 5.91 Å². The quantitative estimate of drug-likeness (QED) is 0.811. The first kappa shape index (κ1) is 10.9. The average molecular weight is 216 g/mol. The summed E-state index contributed by atoms with van der Waals surface area (Å²) in [7, 11) is 0. The number of rotatable bonds is 2. The van der Waals surface area contributed by atoms with Gasteiger partial charge in [-0.25, -0.2) is 0 Å². The van der Waals surface area contributed by atoms with Crippen LogP contribution in [0.3, 0.4) is 0 Å². The fourth-order valence-corrected chi connectivity index (χ4v) is 1.89. The van der Waals surface area contributed by atoms with Gasteiger partial charge in [-0.15, -0.1) is 0 Å². The third-order valence-corrected chi connectivity index (χ3v) is 2.89. The van der Waals surface area contributed by atoms with E-state index in [1.165, 1.54) is 5.56 Å². The molecule has 1 aromatic rings. The number of amidine groups is 1. The monoisotopic (exact) mass is 216 g/mol. The van der Waals surface area contributed by atoms with E-state index in [9.17, 15) is 4.79 Å². The molecule has 1 saturated heterocycles. The van der Waals surface area contributed by atoms with Gasteiger partial charge in [-0.3, -0.25) is 15.1 Å². The van der Waals surface area contributed by atoms with Crippen molar-refractivity contribution in [3.63, 3.8) is 0 Å². The summed E-state index contributed by atoms with van der Waals surface area (Å²) in [5.74, 6) is 0.536. The molecule has 1 N–H and O–H groups in total. The van der Waals surface area contributed by atoms with E-state index in [0.717, 1.165) is 18.4 Å². The van der Waals surface area contributed by atoms with Crippen LogP contribution < -0.4 is 0 Å². The Morgan fingerprint density at radius 2 is 1.94 bits per heavy atom. The largest absolute Gasteiger partial charge is 0.296 e. The van der Waals surface area contributed by atoms with Crippen molar-refractivity contribution in [2.75, 3.05) is 0 Å². The van der Waals surface area contributed by atoms with Crippen molar-refractivity contribution in [1.82, 2.24) is 4.90 Å². The van der Waals surface area contributed by atoms with Crippen molar-refractivity contribution < 1.29 is 4.79 Å². The second kappa shape index (κ2) is 4.47. The highest BCUT2D eigenvalue weighted by molar-refractivity contribution is 5.98. The first-order valence-electron chi connectivity index (χ1n) is 5.60. The van der Waals surface area contributed by atoms with Gasteiger partial charge in [0, 0.05) is 12.8 Å². The topological polar surface area (TPSA) is 44.2 Å². The lowest BCUT2D eigenvalue weighted by Crippen LogP contribution is -2.38. The van der Waals surface area contributed by atoms with Crippen molar-refractivity contribution in [3.8, 4) is 0 Å². The molecule has 1 aliphatic heterocycles. The molecule has 1 amide bonds. The average Bonchev–Trinajstić information content (AvgIpc) is 2.26. The lowest BCUT2D eigenvalue weighted by Gasteiger charge is -2.27. The Labute approximate surface area is 95.6 Å². The maximum atomic E-state index is 11.7. The second-order valence-electron chi connectivity index (χ2n) is 4.27. The third-order valence-electron chi connectivity index (χ3n) is 2.89.